The molecule has 0 saturated carbocycles. The van der Waals surface area contributed by atoms with Gasteiger partial charge in [-0.1, -0.05) is 56.3 Å². The highest BCUT2D eigenvalue weighted by Gasteiger charge is 2.46. The summed E-state index contributed by atoms with van der Waals surface area (Å²) in [7, 11) is 0. The van der Waals surface area contributed by atoms with Crippen LogP contribution in [-0.2, 0) is 9.59 Å². The van der Waals surface area contributed by atoms with E-state index in [-0.39, 0.29) is 11.3 Å². The molecule has 1 saturated heterocycles. The number of hydrogen-bond donors (Lipinski definition) is 1. The summed E-state index contributed by atoms with van der Waals surface area (Å²) in [6, 6.07) is 16.3. The number of ketones is 1. The molecule has 6 nitrogen and oxygen atoms in total. The first-order valence-electron chi connectivity index (χ1n) is 10.9. The zero-order valence-electron chi connectivity index (χ0n) is 18.4. The van der Waals surface area contributed by atoms with Crippen LogP contribution < -0.4 is 0 Å². The van der Waals surface area contributed by atoms with Crippen LogP contribution in [0.15, 0.2) is 72.6 Å². The molecule has 1 aromatic heterocycles. The molecule has 1 unspecified atom stereocenters. The van der Waals surface area contributed by atoms with Gasteiger partial charge < -0.3 is 14.9 Å². The maximum Gasteiger partial charge on any atom is 0.295 e. The van der Waals surface area contributed by atoms with Crippen LogP contribution >= 0.6 is 0 Å². The van der Waals surface area contributed by atoms with Crippen molar-refractivity contribution in [3.63, 3.8) is 0 Å². The number of rotatable bonds is 7. The minimum Gasteiger partial charge on any atom is -0.507 e. The lowest BCUT2D eigenvalue weighted by Gasteiger charge is -2.28. The summed E-state index contributed by atoms with van der Waals surface area (Å²) in [5.74, 6) is -1.41. The monoisotopic (exact) mass is 429 g/mol. The number of likely N-dealkylation sites (tertiary alicyclic amines) is 1. The number of aliphatic hydroxyl groups is 1. The second-order valence-electron chi connectivity index (χ2n) is 7.87. The third-order valence-corrected chi connectivity index (χ3v) is 6.11. The molecule has 1 N–H and O–H groups in total. The van der Waals surface area contributed by atoms with Gasteiger partial charge in [0.25, 0.3) is 11.7 Å². The molecule has 1 aliphatic rings. The molecule has 0 bridgehead atoms. The normalized spacial score (nSPS) is 18.1. The van der Waals surface area contributed by atoms with Crippen molar-refractivity contribution in [1.29, 1.82) is 0 Å². The van der Waals surface area contributed by atoms with Crippen molar-refractivity contribution in [2.75, 3.05) is 26.2 Å². The molecule has 0 radical (unpaired) electrons. The molecular weight excluding hydrogens is 402 g/mol. The van der Waals surface area contributed by atoms with Crippen LogP contribution in [0.3, 0.4) is 0 Å². The van der Waals surface area contributed by atoms with E-state index in [4.69, 9.17) is 0 Å². The zero-order valence-corrected chi connectivity index (χ0v) is 18.4. The average Bonchev–Trinajstić information content (AvgIpc) is 3.09. The number of hydrogen-bond acceptors (Lipinski definition) is 5. The van der Waals surface area contributed by atoms with Crippen molar-refractivity contribution in [2.45, 2.75) is 19.9 Å². The van der Waals surface area contributed by atoms with Crippen molar-refractivity contribution in [3.8, 4) is 0 Å². The molecule has 6 heteroatoms. The summed E-state index contributed by atoms with van der Waals surface area (Å²) >= 11 is 0. The SMILES string of the molecule is CCN(CC)CCN1C(=O)C(=O)/C(=C(\O)c2ccc3ccccc3c2)C1c1cccnc1. The van der Waals surface area contributed by atoms with Crippen LogP contribution in [0, 0.1) is 0 Å². The molecule has 164 valence electrons. The number of carbonyl (C=O) groups excluding carboxylic acids is 2. The fourth-order valence-corrected chi connectivity index (χ4v) is 4.28. The van der Waals surface area contributed by atoms with E-state index in [1.54, 1.807) is 29.4 Å². The van der Waals surface area contributed by atoms with Crippen LogP contribution in [0.1, 0.15) is 31.0 Å². The second-order valence-corrected chi connectivity index (χ2v) is 7.87. The van der Waals surface area contributed by atoms with Crippen LogP contribution in [0.25, 0.3) is 16.5 Å². The van der Waals surface area contributed by atoms with Gasteiger partial charge in [0.05, 0.1) is 11.6 Å². The molecule has 3 aromatic rings. The summed E-state index contributed by atoms with van der Waals surface area (Å²) in [4.78, 5) is 34.1. The molecule has 1 aliphatic heterocycles. The van der Waals surface area contributed by atoms with E-state index in [0.29, 0.717) is 24.2 Å². The van der Waals surface area contributed by atoms with Crippen LogP contribution in [0.2, 0.25) is 0 Å². The summed E-state index contributed by atoms with van der Waals surface area (Å²) in [6.45, 7) is 6.88. The molecule has 1 amide bonds. The van der Waals surface area contributed by atoms with Gasteiger partial charge in [0, 0.05) is 31.0 Å². The summed E-state index contributed by atoms with van der Waals surface area (Å²) in [6.07, 6.45) is 3.30. The third-order valence-electron chi connectivity index (χ3n) is 6.11. The molecule has 2 heterocycles. The number of fused-ring (bicyclic) bond motifs is 1. The minimum atomic E-state index is -0.675. The topological polar surface area (TPSA) is 73.7 Å². The number of aromatic nitrogens is 1. The standard InChI is InChI=1S/C26H27N3O3/c1-3-28(4-2)14-15-29-23(21-10-7-13-27-17-21)22(25(31)26(29)32)24(30)20-12-11-18-8-5-6-9-19(18)16-20/h5-13,16-17,23,30H,3-4,14-15H2,1-2H3/b24-22-. The molecule has 32 heavy (non-hydrogen) atoms. The van der Waals surface area contributed by atoms with E-state index in [0.717, 1.165) is 23.9 Å². The van der Waals surface area contributed by atoms with E-state index in [1.807, 2.05) is 42.5 Å². The highest BCUT2D eigenvalue weighted by molar-refractivity contribution is 6.46. The number of pyridine rings is 1. The van der Waals surface area contributed by atoms with Crippen molar-refractivity contribution in [2.24, 2.45) is 0 Å². The molecule has 1 fully saturated rings. The predicted molar refractivity (Wildman–Crippen MR) is 125 cm³/mol. The summed E-state index contributed by atoms with van der Waals surface area (Å²) < 4.78 is 0. The average molecular weight is 430 g/mol. The molecule has 1 atom stereocenters. The van der Waals surface area contributed by atoms with Crippen LogP contribution in [0.5, 0.6) is 0 Å². The Kier molecular flexibility index (Phi) is 6.32. The first kappa shape index (κ1) is 21.7. The predicted octanol–water partition coefficient (Wildman–Crippen LogP) is 4.00. The van der Waals surface area contributed by atoms with E-state index < -0.39 is 17.7 Å². The lowest BCUT2D eigenvalue weighted by atomic mass is 9.95. The Hall–Kier alpha value is -3.51. The smallest absolute Gasteiger partial charge is 0.295 e. The number of Topliss-reactive ketones (excluding diaryl/α,β-unsaturated/α-hetero) is 1. The van der Waals surface area contributed by atoms with Crippen molar-refractivity contribution in [3.05, 3.63) is 83.7 Å². The summed E-state index contributed by atoms with van der Waals surface area (Å²) in [5.41, 5.74) is 1.32. The fourth-order valence-electron chi connectivity index (χ4n) is 4.28. The molecule has 4 rings (SSSR count). The van der Waals surface area contributed by atoms with Gasteiger partial charge in [0.2, 0.25) is 0 Å². The first-order chi connectivity index (χ1) is 15.5. The van der Waals surface area contributed by atoms with Gasteiger partial charge >= 0.3 is 0 Å². The quantitative estimate of drug-likeness (QED) is 0.349. The fraction of sp³-hybridized carbons (Fsp3) is 0.269. The van der Waals surface area contributed by atoms with Gasteiger partial charge in [-0.25, -0.2) is 0 Å². The Morgan fingerprint density at radius 2 is 1.78 bits per heavy atom. The number of nitrogens with zero attached hydrogens (tertiary/aromatic N) is 3. The molecular formula is C26H27N3O3. The van der Waals surface area contributed by atoms with Gasteiger partial charge in [-0.15, -0.1) is 0 Å². The Balaban J connectivity index is 1.80. The van der Waals surface area contributed by atoms with Gasteiger partial charge in [0.1, 0.15) is 5.76 Å². The molecule has 2 aromatic carbocycles. The number of likely N-dealkylation sites (N-methyl/N-ethyl adjacent to an activating group) is 1. The van der Waals surface area contributed by atoms with Crippen molar-refractivity contribution in [1.82, 2.24) is 14.8 Å². The third kappa shape index (κ3) is 4.01. The number of benzene rings is 2. The van der Waals surface area contributed by atoms with E-state index in [9.17, 15) is 14.7 Å². The largest absolute Gasteiger partial charge is 0.507 e. The van der Waals surface area contributed by atoms with Gasteiger partial charge in [-0.05, 0) is 41.6 Å². The van der Waals surface area contributed by atoms with Crippen LogP contribution in [0.4, 0.5) is 0 Å². The molecule has 0 spiro atoms. The van der Waals surface area contributed by atoms with Crippen molar-refractivity contribution < 1.29 is 14.7 Å². The van der Waals surface area contributed by atoms with Crippen LogP contribution in [-0.4, -0.2) is 57.8 Å². The van der Waals surface area contributed by atoms with Gasteiger partial charge in [-0.3, -0.25) is 14.6 Å². The van der Waals surface area contributed by atoms with E-state index in [2.05, 4.69) is 23.7 Å². The van der Waals surface area contributed by atoms with Gasteiger partial charge in [0.15, 0.2) is 0 Å². The van der Waals surface area contributed by atoms with E-state index in [1.165, 1.54) is 0 Å². The highest BCUT2D eigenvalue weighted by atomic mass is 16.3. The maximum absolute atomic E-state index is 13.1. The number of carbonyl (C=O) groups is 2. The van der Waals surface area contributed by atoms with Crippen molar-refractivity contribution >= 4 is 28.2 Å². The van der Waals surface area contributed by atoms with E-state index >= 15 is 0 Å². The Morgan fingerprint density at radius 1 is 1.03 bits per heavy atom. The lowest BCUT2D eigenvalue weighted by molar-refractivity contribution is -0.140. The Labute approximate surface area is 187 Å². The number of amides is 1. The Bertz CT molecular complexity index is 1170. The minimum absolute atomic E-state index is 0.109. The first-order valence-corrected chi connectivity index (χ1v) is 10.9. The molecule has 0 aliphatic carbocycles. The summed E-state index contributed by atoms with van der Waals surface area (Å²) in [5, 5.41) is 13.2. The lowest BCUT2D eigenvalue weighted by Crippen LogP contribution is -2.38. The zero-order chi connectivity index (χ0) is 22.7. The Morgan fingerprint density at radius 3 is 2.47 bits per heavy atom. The second kappa shape index (κ2) is 9.32. The highest BCUT2D eigenvalue weighted by Crippen LogP contribution is 2.39. The number of aliphatic hydroxyl groups excluding tert-OH is 1. The maximum atomic E-state index is 13.1. The van der Waals surface area contributed by atoms with Gasteiger partial charge in [-0.2, -0.15) is 0 Å².